The van der Waals surface area contributed by atoms with Gasteiger partial charge in [-0.05, 0) is 36.2 Å². The van der Waals surface area contributed by atoms with Crippen LogP contribution in [0.25, 0.3) is 0 Å². The van der Waals surface area contributed by atoms with Gasteiger partial charge < -0.3 is 15.4 Å². The van der Waals surface area contributed by atoms with Gasteiger partial charge in [0, 0.05) is 29.0 Å². The molecule has 2 rings (SSSR count). The van der Waals surface area contributed by atoms with Crippen LogP contribution in [0.3, 0.4) is 0 Å². The van der Waals surface area contributed by atoms with E-state index >= 15 is 0 Å². The molecule has 0 unspecified atom stereocenters. The number of aryl methyl sites for hydroxylation is 1. The molecule has 0 atom stereocenters. The standard InChI is InChI=1S/C18H24N4O2S/c1-4-15-9-10-16(25-15)12-21-17(19-2)20-11-13-5-7-14(8-6-13)22-18(23)24-3/h5-10H,4,11-12H2,1-3H3,(H,22,23)(H2,19,20,21). The van der Waals surface area contributed by atoms with E-state index in [0.717, 1.165) is 24.5 Å². The molecule has 25 heavy (non-hydrogen) atoms. The van der Waals surface area contributed by atoms with Crippen molar-refractivity contribution < 1.29 is 9.53 Å². The second kappa shape index (κ2) is 9.68. The van der Waals surface area contributed by atoms with Gasteiger partial charge in [-0.2, -0.15) is 0 Å². The lowest BCUT2D eigenvalue weighted by Crippen LogP contribution is -2.36. The highest BCUT2D eigenvalue weighted by Crippen LogP contribution is 2.16. The van der Waals surface area contributed by atoms with Gasteiger partial charge in [0.1, 0.15) is 0 Å². The van der Waals surface area contributed by atoms with Gasteiger partial charge in [0.2, 0.25) is 0 Å². The van der Waals surface area contributed by atoms with E-state index in [4.69, 9.17) is 0 Å². The van der Waals surface area contributed by atoms with Gasteiger partial charge in [0.25, 0.3) is 0 Å². The molecule has 0 bridgehead atoms. The summed E-state index contributed by atoms with van der Waals surface area (Å²) < 4.78 is 4.56. The third-order valence-electron chi connectivity index (χ3n) is 3.57. The van der Waals surface area contributed by atoms with Crippen molar-refractivity contribution in [3.05, 3.63) is 51.7 Å². The molecule has 0 saturated heterocycles. The summed E-state index contributed by atoms with van der Waals surface area (Å²) in [6.45, 7) is 3.56. The van der Waals surface area contributed by atoms with Crippen LogP contribution in [-0.4, -0.2) is 26.2 Å². The first kappa shape index (κ1) is 18.8. The Morgan fingerprint density at radius 1 is 1.08 bits per heavy atom. The van der Waals surface area contributed by atoms with Gasteiger partial charge in [-0.1, -0.05) is 19.1 Å². The zero-order valence-corrected chi connectivity index (χ0v) is 15.6. The zero-order valence-electron chi connectivity index (χ0n) is 14.8. The summed E-state index contributed by atoms with van der Waals surface area (Å²) in [7, 11) is 3.09. The maximum Gasteiger partial charge on any atom is 0.411 e. The number of hydrogen-bond acceptors (Lipinski definition) is 4. The normalized spacial score (nSPS) is 11.1. The Labute approximate surface area is 152 Å². The molecule has 3 N–H and O–H groups in total. The van der Waals surface area contributed by atoms with Crippen molar-refractivity contribution >= 4 is 29.1 Å². The highest BCUT2D eigenvalue weighted by molar-refractivity contribution is 7.11. The van der Waals surface area contributed by atoms with Crippen molar-refractivity contribution in [3.8, 4) is 0 Å². The minimum Gasteiger partial charge on any atom is -0.453 e. The van der Waals surface area contributed by atoms with Crippen LogP contribution in [-0.2, 0) is 24.2 Å². The van der Waals surface area contributed by atoms with Crippen molar-refractivity contribution in [3.63, 3.8) is 0 Å². The molecule has 0 aliphatic rings. The molecule has 134 valence electrons. The minimum atomic E-state index is -0.477. The second-order valence-electron chi connectivity index (χ2n) is 5.31. The predicted octanol–water partition coefficient (Wildman–Crippen LogP) is 3.35. The molecule has 7 heteroatoms. The maximum absolute atomic E-state index is 11.2. The number of hydrogen-bond donors (Lipinski definition) is 3. The molecule has 1 amide bonds. The van der Waals surface area contributed by atoms with Crippen molar-refractivity contribution in [2.24, 2.45) is 4.99 Å². The number of carbonyl (C=O) groups is 1. The number of benzene rings is 1. The van der Waals surface area contributed by atoms with Crippen LogP contribution in [0.1, 0.15) is 22.2 Å². The summed E-state index contributed by atoms with van der Waals surface area (Å²) in [5.74, 6) is 0.753. The molecular formula is C18H24N4O2S. The van der Waals surface area contributed by atoms with Crippen LogP contribution >= 0.6 is 11.3 Å². The van der Waals surface area contributed by atoms with E-state index in [1.807, 2.05) is 35.6 Å². The van der Waals surface area contributed by atoms with E-state index in [0.29, 0.717) is 12.2 Å². The van der Waals surface area contributed by atoms with Gasteiger partial charge in [-0.15, -0.1) is 11.3 Å². The van der Waals surface area contributed by atoms with E-state index in [1.165, 1.54) is 16.9 Å². The first-order valence-electron chi connectivity index (χ1n) is 8.10. The second-order valence-corrected chi connectivity index (χ2v) is 6.57. The van der Waals surface area contributed by atoms with E-state index < -0.39 is 6.09 Å². The molecule has 6 nitrogen and oxygen atoms in total. The number of carbonyl (C=O) groups excluding carboxylic acids is 1. The molecule has 0 saturated carbocycles. The number of anilines is 1. The number of ether oxygens (including phenoxy) is 1. The Balaban J connectivity index is 1.80. The Bertz CT molecular complexity index is 710. The quantitative estimate of drug-likeness (QED) is 0.545. The minimum absolute atomic E-state index is 0.477. The largest absolute Gasteiger partial charge is 0.453 e. The SMILES string of the molecule is CCc1ccc(CNC(=NC)NCc2ccc(NC(=O)OC)cc2)s1. The molecule has 1 heterocycles. The molecule has 0 spiro atoms. The number of nitrogens with one attached hydrogen (secondary N) is 3. The Morgan fingerprint density at radius 3 is 2.36 bits per heavy atom. The van der Waals surface area contributed by atoms with E-state index in [9.17, 15) is 4.79 Å². The highest BCUT2D eigenvalue weighted by atomic mass is 32.1. The first-order chi connectivity index (χ1) is 12.1. The summed E-state index contributed by atoms with van der Waals surface area (Å²) in [4.78, 5) is 18.1. The van der Waals surface area contributed by atoms with Gasteiger partial charge in [0.05, 0.1) is 13.7 Å². The monoisotopic (exact) mass is 360 g/mol. The number of methoxy groups -OCH3 is 1. The smallest absolute Gasteiger partial charge is 0.411 e. The fourth-order valence-electron chi connectivity index (χ4n) is 2.16. The number of guanidine groups is 1. The lowest BCUT2D eigenvalue weighted by Gasteiger charge is -2.11. The summed E-state index contributed by atoms with van der Waals surface area (Å²) in [5.41, 5.74) is 1.78. The zero-order chi connectivity index (χ0) is 18.1. The lowest BCUT2D eigenvalue weighted by molar-refractivity contribution is 0.187. The van der Waals surface area contributed by atoms with Gasteiger partial charge >= 0.3 is 6.09 Å². The third kappa shape index (κ3) is 6.11. The Hall–Kier alpha value is -2.54. The number of amides is 1. The molecule has 0 fully saturated rings. The number of nitrogens with zero attached hydrogens (tertiary/aromatic N) is 1. The first-order valence-corrected chi connectivity index (χ1v) is 8.92. The van der Waals surface area contributed by atoms with Crippen molar-refractivity contribution in [1.82, 2.24) is 10.6 Å². The lowest BCUT2D eigenvalue weighted by atomic mass is 10.2. The van der Waals surface area contributed by atoms with Crippen LogP contribution < -0.4 is 16.0 Å². The third-order valence-corrected chi connectivity index (χ3v) is 4.79. The number of aliphatic imine (C=N–C) groups is 1. The van der Waals surface area contributed by atoms with E-state index in [2.05, 4.69) is 44.7 Å². The molecule has 0 radical (unpaired) electrons. The average Bonchev–Trinajstić information content (AvgIpc) is 3.11. The van der Waals surface area contributed by atoms with Crippen LogP contribution in [0.5, 0.6) is 0 Å². The number of rotatable bonds is 6. The molecule has 1 aromatic heterocycles. The Kier molecular flexibility index (Phi) is 7.28. The molecule has 0 aliphatic heterocycles. The molecule has 1 aromatic carbocycles. The van der Waals surface area contributed by atoms with Crippen LogP contribution in [0.2, 0.25) is 0 Å². The van der Waals surface area contributed by atoms with Crippen LogP contribution in [0.15, 0.2) is 41.4 Å². The maximum atomic E-state index is 11.2. The average molecular weight is 360 g/mol. The van der Waals surface area contributed by atoms with E-state index in [1.54, 1.807) is 7.05 Å². The topological polar surface area (TPSA) is 74.8 Å². The molecule has 2 aromatic rings. The van der Waals surface area contributed by atoms with Gasteiger partial charge in [-0.3, -0.25) is 10.3 Å². The fourth-order valence-corrected chi connectivity index (χ4v) is 3.06. The summed E-state index contributed by atoms with van der Waals surface area (Å²) >= 11 is 1.82. The fraction of sp³-hybridized carbons (Fsp3) is 0.333. The van der Waals surface area contributed by atoms with E-state index in [-0.39, 0.29) is 0 Å². The number of thiophene rings is 1. The van der Waals surface area contributed by atoms with Crippen molar-refractivity contribution in [1.29, 1.82) is 0 Å². The van der Waals surface area contributed by atoms with Crippen molar-refractivity contribution in [2.75, 3.05) is 19.5 Å². The molecule has 0 aliphatic carbocycles. The van der Waals surface area contributed by atoms with Crippen LogP contribution in [0, 0.1) is 0 Å². The molecular weight excluding hydrogens is 336 g/mol. The Morgan fingerprint density at radius 2 is 1.76 bits per heavy atom. The van der Waals surface area contributed by atoms with Gasteiger partial charge in [-0.25, -0.2) is 4.79 Å². The van der Waals surface area contributed by atoms with Gasteiger partial charge in [0.15, 0.2) is 5.96 Å². The van der Waals surface area contributed by atoms with Crippen molar-refractivity contribution in [2.45, 2.75) is 26.4 Å². The summed E-state index contributed by atoms with van der Waals surface area (Å²) in [6, 6.07) is 11.9. The summed E-state index contributed by atoms with van der Waals surface area (Å²) in [6.07, 6.45) is 0.591. The highest BCUT2D eigenvalue weighted by Gasteiger charge is 2.03. The predicted molar refractivity (Wildman–Crippen MR) is 103 cm³/mol. The van der Waals surface area contributed by atoms with Crippen LogP contribution in [0.4, 0.5) is 10.5 Å². The summed E-state index contributed by atoms with van der Waals surface area (Å²) in [5, 5.41) is 9.22.